The standard InChI is InChI=1S/C11H16N5O5P/c12-10-14-8-7(9(17)15-10)13-5-16(8)6-1-2-11(18,3-6)4-22(19,20)21/h5-6,18H,1-4H2,(H2,19,20,21)(H3,12,14,15,17)/t6-,11+/m0/s1. The predicted molar refractivity (Wildman–Crippen MR) is 77.3 cm³/mol. The minimum Gasteiger partial charge on any atom is -0.389 e. The lowest BCUT2D eigenvalue weighted by Crippen LogP contribution is -2.30. The maximum absolute atomic E-state index is 11.7. The molecule has 6 N–H and O–H groups in total. The van der Waals surface area contributed by atoms with Crippen LogP contribution in [0, 0.1) is 0 Å². The molecule has 2 aromatic rings. The van der Waals surface area contributed by atoms with E-state index in [0.29, 0.717) is 12.1 Å². The SMILES string of the molecule is Nc1nc2c(ncn2[C@H]2CC[C@](O)(CP(=O)(O)O)C2)c(=O)[nH]1. The molecule has 1 fully saturated rings. The van der Waals surface area contributed by atoms with Gasteiger partial charge in [-0.25, -0.2) is 4.98 Å². The Morgan fingerprint density at radius 3 is 2.95 bits per heavy atom. The van der Waals surface area contributed by atoms with E-state index in [-0.39, 0.29) is 30.3 Å². The van der Waals surface area contributed by atoms with Gasteiger partial charge in [0, 0.05) is 6.04 Å². The van der Waals surface area contributed by atoms with Crippen molar-refractivity contribution in [2.45, 2.75) is 30.9 Å². The average molecular weight is 329 g/mol. The van der Waals surface area contributed by atoms with E-state index in [2.05, 4.69) is 15.0 Å². The highest BCUT2D eigenvalue weighted by atomic mass is 31.2. The van der Waals surface area contributed by atoms with Crippen molar-refractivity contribution < 1.29 is 19.5 Å². The molecule has 120 valence electrons. The second-order valence-corrected chi connectivity index (χ2v) is 7.36. The van der Waals surface area contributed by atoms with E-state index >= 15 is 0 Å². The van der Waals surface area contributed by atoms with Crippen LogP contribution in [0.5, 0.6) is 0 Å². The van der Waals surface area contributed by atoms with Crippen LogP contribution in [0.25, 0.3) is 11.2 Å². The second kappa shape index (κ2) is 4.88. The van der Waals surface area contributed by atoms with Gasteiger partial charge in [0.25, 0.3) is 5.56 Å². The summed E-state index contributed by atoms with van der Waals surface area (Å²) in [4.78, 5) is 40.3. The van der Waals surface area contributed by atoms with Crippen molar-refractivity contribution in [3.8, 4) is 0 Å². The van der Waals surface area contributed by atoms with E-state index in [1.165, 1.54) is 6.33 Å². The first-order valence-corrected chi connectivity index (χ1v) is 8.46. The molecule has 0 aliphatic heterocycles. The first-order valence-electron chi connectivity index (χ1n) is 6.66. The van der Waals surface area contributed by atoms with Crippen LogP contribution in [0.3, 0.4) is 0 Å². The van der Waals surface area contributed by atoms with E-state index in [1.807, 2.05) is 0 Å². The van der Waals surface area contributed by atoms with Crippen LogP contribution < -0.4 is 11.3 Å². The van der Waals surface area contributed by atoms with Gasteiger partial charge in [0.05, 0.1) is 18.1 Å². The first kappa shape index (κ1) is 15.2. The summed E-state index contributed by atoms with van der Waals surface area (Å²) in [7, 11) is -4.31. The average Bonchev–Trinajstić information content (AvgIpc) is 2.90. The van der Waals surface area contributed by atoms with Gasteiger partial charge >= 0.3 is 7.60 Å². The smallest absolute Gasteiger partial charge is 0.328 e. The molecule has 3 rings (SSSR count). The zero-order valence-electron chi connectivity index (χ0n) is 11.5. The molecule has 0 radical (unpaired) electrons. The maximum atomic E-state index is 11.7. The van der Waals surface area contributed by atoms with Crippen molar-refractivity contribution in [3.63, 3.8) is 0 Å². The minimum absolute atomic E-state index is 0.0391. The summed E-state index contributed by atoms with van der Waals surface area (Å²) >= 11 is 0. The monoisotopic (exact) mass is 329 g/mol. The summed E-state index contributed by atoms with van der Waals surface area (Å²) in [5.41, 5.74) is 4.07. The number of hydrogen-bond acceptors (Lipinski definition) is 6. The number of imidazole rings is 1. The first-order chi connectivity index (χ1) is 10.2. The number of aliphatic hydroxyl groups is 1. The van der Waals surface area contributed by atoms with Gasteiger partial charge in [-0.15, -0.1) is 0 Å². The third kappa shape index (κ3) is 2.78. The summed E-state index contributed by atoms with van der Waals surface area (Å²) in [5.74, 6) is -0.0391. The fourth-order valence-electron chi connectivity index (χ4n) is 3.05. The largest absolute Gasteiger partial charge is 0.389 e. The Morgan fingerprint density at radius 1 is 1.55 bits per heavy atom. The van der Waals surface area contributed by atoms with Gasteiger partial charge in [0.2, 0.25) is 5.95 Å². The Labute approximate surface area is 124 Å². The fourth-order valence-corrected chi connectivity index (χ4v) is 4.11. The third-order valence-corrected chi connectivity index (χ3v) is 4.90. The molecule has 0 unspecified atom stereocenters. The van der Waals surface area contributed by atoms with Crippen molar-refractivity contribution in [3.05, 3.63) is 16.7 Å². The van der Waals surface area contributed by atoms with Gasteiger partial charge in [-0.3, -0.25) is 14.3 Å². The molecule has 11 heteroatoms. The Balaban J connectivity index is 1.94. The molecule has 0 aromatic carbocycles. The Bertz CT molecular complexity index is 826. The number of nitrogens with one attached hydrogen (secondary N) is 1. The topological polar surface area (TPSA) is 167 Å². The number of anilines is 1. The van der Waals surface area contributed by atoms with Crippen LogP contribution in [-0.2, 0) is 4.57 Å². The molecular formula is C11H16N5O5P. The molecule has 22 heavy (non-hydrogen) atoms. The number of fused-ring (bicyclic) bond motifs is 1. The van der Waals surface area contributed by atoms with Crippen LogP contribution in [0.1, 0.15) is 25.3 Å². The minimum atomic E-state index is -4.31. The normalized spacial score (nSPS) is 25.9. The highest BCUT2D eigenvalue weighted by Gasteiger charge is 2.43. The molecule has 1 aliphatic carbocycles. The number of hydrogen-bond donors (Lipinski definition) is 5. The number of rotatable bonds is 3. The van der Waals surface area contributed by atoms with E-state index < -0.39 is 24.9 Å². The molecule has 0 spiro atoms. The Hall–Kier alpha value is -1.74. The van der Waals surface area contributed by atoms with E-state index in [9.17, 15) is 14.5 Å². The van der Waals surface area contributed by atoms with Crippen molar-refractivity contribution in [2.24, 2.45) is 0 Å². The van der Waals surface area contributed by atoms with E-state index in [4.69, 9.17) is 15.5 Å². The van der Waals surface area contributed by atoms with E-state index in [0.717, 1.165) is 0 Å². The number of nitrogen functional groups attached to an aromatic ring is 1. The Morgan fingerprint density at radius 2 is 2.27 bits per heavy atom. The molecule has 0 amide bonds. The predicted octanol–water partition coefficient (Wildman–Crippen LogP) is -0.664. The van der Waals surface area contributed by atoms with Crippen molar-refractivity contribution in [1.29, 1.82) is 0 Å². The van der Waals surface area contributed by atoms with Gasteiger partial charge in [-0.1, -0.05) is 0 Å². The number of nitrogens with two attached hydrogens (primary N) is 1. The van der Waals surface area contributed by atoms with Gasteiger partial charge < -0.3 is 25.2 Å². The highest BCUT2D eigenvalue weighted by molar-refractivity contribution is 7.51. The van der Waals surface area contributed by atoms with Gasteiger partial charge in [-0.2, -0.15) is 4.98 Å². The Kier molecular flexibility index (Phi) is 3.37. The van der Waals surface area contributed by atoms with Gasteiger partial charge in [-0.05, 0) is 19.3 Å². The third-order valence-electron chi connectivity index (χ3n) is 3.90. The molecule has 2 heterocycles. The highest BCUT2D eigenvalue weighted by Crippen LogP contribution is 2.47. The zero-order valence-corrected chi connectivity index (χ0v) is 12.4. The number of aromatic nitrogens is 4. The van der Waals surface area contributed by atoms with Crippen LogP contribution >= 0.6 is 7.60 Å². The lowest BCUT2D eigenvalue weighted by atomic mass is 10.1. The van der Waals surface area contributed by atoms with Crippen LogP contribution in [0.4, 0.5) is 5.95 Å². The maximum Gasteiger partial charge on any atom is 0.328 e. The fraction of sp³-hybridized carbons (Fsp3) is 0.545. The summed E-state index contributed by atoms with van der Waals surface area (Å²) in [5, 5.41) is 10.3. The molecule has 0 bridgehead atoms. The molecule has 1 saturated carbocycles. The summed E-state index contributed by atoms with van der Waals surface area (Å²) in [6.07, 6.45) is 1.74. The number of aromatic amines is 1. The molecular weight excluding hydrogens is 313 g/mol. The van der Waals surface area contributed by atoms with Crippen LogP contribution in [0.15, 0.2) is 11.1 Å². The molecule has 2 atom stereocenters. The lowest BCUT2D eigenvalue weighted by Gasteiger charge is -2.23. The molecule has 1 aliphatic rings. The second-order valence-electron chi connectivity index (χ2n) is 5.72. The van der Waals surface area contributed by atoms with Gasteiger partial charge in [0.1, 0.15) is 0 Å². The summed E-state index contributed by atoms with van der Waals surface area (Å²) in [6, 6.07) is -0.254. The number of nitrogens with zero attached hydrogens (tertiary/aromatic N) is 3. The van der Waals surface area contributed by atoms with Crippen LogP contribution in [0.2, 0.25) is 0 Å². The number of H-pyrrole nitrogens is 1. The van der Waals surface area contributed by atoms with Crippen molar-refractivity contribution >= 4 is 24.7 Å². The van der Waals surface area contributed by atoms with Crippen LogP contribution in [-0.4, -0.2) is 46.2 Å². The molecule has 10 nitrogen and oxygen atoms in total. The lowest BCUT2D eigenvalue weighted by molar-refractivity contribution is 0.0625. The quantitative estimate of drug-likeness (QED) is 0.462. The summed E-state index contributed by atoms with van der Waals surface area (Å²) in [6.45, 7) is 0. The molecule has 2 aromatic heterocycles. The van der Waals surface area contributed by atoms with Crippen molar-refractivity contribution in [1.82, 2.24) is 19.5 Å². The van der Waals surface area contributed by atoms with Crippen molar-refractivity contribution in [2.75, 3.05) is 11.9 Å². The van der Waals surface area contributed by atoms with E-state index in [1.54, 1.807) is 4.57 Å². The molecule has 0 saturated heterocycles. The van der Waals surface area contributed by atoms with Gasteiger partial charge in [0.15, 0.2) is 11.2 Å². The zero-order chi connectivity index (χ0) is 16.1. The summed E-state index contributed by atoms with van der Waals surface area (Å²) < 4.78 is 12.8.